The fraction of sp³-hybridized carbons (Fsp3) is 0.778. The fourth-order valence-electron chi connectivity index (χ4n) is 3.71. The van der Waals surface area contributed by atoms with E-state index >= 15 is 0 Å². The second kappa shape index (κ2) is 11.1. The summed E-state index contributed by atoms with van der Waals surface area (Å²) < 4.78 is 31.1. The maximum atomic E-state index is 13.7. The number of rotatable bonds is 11. The van der Waals surface area contributed by atoms with E-state index in [1.165, 1.54) is 17.7 Å². The van der Waals surface area contributed by atoms with Gasteiger partial charge in [-0.05, 0) is 25.0 Å². The van der Waals surface area contributed by atoms with Gasteiger partial charge in [-0.1, -0.05) is 32.4 Å². The van der Waals surface area contributed by atoms with Crippen LogP contribution < -0.4 is 11.2 Å². The van der Waals surface area contributed by atoms with Crippen molar-refractivity contribution in [2.24, 2.45) is 5.22 Å². The monoisotopic (exact) mass is 457 g/mol. The number of aryl methyl sites for hydroxylation is 1. The first-order valence-corrected chi connectivity index (χ1v) is 12.1. The normalized spacial score (nSPS) is 19.2. The predicted molar refractivity (Wildman–Crippen MR) is 117 cm³/mol. The maximum Gasteiger partial charge on any atom is 0.428 e. The molecule has 0 bridgehead atoms. The van der Waals surface area contributed by atoms with Gasteiger partial charge in [-0.3, -0.25) is 9.13 Å². The molecule has 0 aromatic carbocycles. The summed E-state index contributed by atoms with van der Waals surface area (Å²) in [4.78, 5) is 27.2. The molecule has 0 N–H and O–H groups in total. The highest BCUT2D eigenvalue weighted by atomic mass is 31.2. The van der Waals surface area contributed by atoms with Gasteiger partial charge in [0.25, 0.3) is 0 Å². The van der Waals surface area contributed by atoms with Crippen LogP contribution >= 0.6 is 7.67 Å². The Morgan fingerprint density at radius 1 is 1.19 bits per heavy atom. The average Bonchev–Trinajstić information content (AvgIpc) is 3.23. The van der Waals surface area contributed by atoms with Crippen molar-refractivity contribution in [1.29, 1.82) is 0 Å². The van der Waals surface area contributed by atoms with E-state index in [9.17, 15) is 14.2 Å². The van der Waals surface area contributed by atoms with Crippen LogP contribution in [0.5, 0.6) is 0 Å². The molecule has 31 heavy (non-hydrogen) atoms. The van der Waals surface area contributed by atoms with Crippen LogP contribution in [0.15, 0.2) is 21.0 Å². The molecule has 0 unspecified atom stereocenters. The first-order valence-electron chi connectivity index (χ1n) is 10.6. The molecule has 2 rings (SSSR count). The van der Waals surface area contributed by atoms with E-state index in [0.717, 1.165) is 0 Å². The summed E-state index contributed by atoms with van der Waals surface area (Å²) in [6, 6.07) is 0. The smallest absolute Gasteiger partial charge is 0.352 e. The molecule has 174 valence electrons. The van der Waals surface area contributed by atoms with Crippen molar-refractivity contribution < 1.29 is 13.8 Å². The first kappa shape index (κ1) is 25.3. The molecule has 1 saturated heterocycles. The minimum absolute atomic E-state index is 0.116. The van der Waals surface area contributed by atoms with E-state index in [1.54, 1.807) is 0 Å². The Morgan fingerprint density at radius 3 is 2.29 bits per heavy atom. The van der Waals surface area contributed by atoms with Crippen molar-refractivity contribution in [3.05, 3.63) is 43.0 Å². The molecule has 12 nitrogen and oxygen atoms in total. The lowest BCUT2D eigenvalue weighted by Gasteiger charge is -2.36. The van der Waals surface area contributed by atoms with Crippen molar-refractivity contribution in [2.45, 2.75) is 59.8 Å². The molecule has 2 heterocycles. The van der Waals surface area contributed by atoms with Gasteiger partial charge in [0, 0.05) is 32.4 Å². The van der Waals surface area contributed by atoms with Crippen molar-refractivity contribution in [3.63, 3.8) is 0 Å². The SMILES string of the molecule is CCN(CC)P(=O)(OC[C@@H]1CC[C@H](n2cc(C)c(=O)n(N=[N+]=[N-])c2=O)O1)N(CC)CC. The molecule has 0 spiro atoms. The molecule has 0 radical (unpaired) electrons. The van der Waals surface area contributed by atoms with Gasteiger partial charge in [0.1, 0.15) is 6.23 Å². The summed E-state index contributed by atoms with van der Waals surface area (Å²) in [6.07, 6.45) is 1.49. The Kier molecular flexibility index (Phi) is 9.05. The van der Waals surface area contributed by atoms with Crippen LogP contribution in [-0.4, -0.2) is 57.5 Å². The Hall–Kier alpha value is -1.94. The lowest BCUT2D eigenvalue weighted by molar-refractivity contribution is -0.0232. The number of aromatic nitrogens is 2. The van der Waals surface area contributed by atoms with E-state index in [-0.39, 0.29) is 18.3 Å². The molecule has 2 atom stereocenters. The summed E-state index contributed by atoms with van der Waals surface area (Å²) in [7, 11) is -3.21. The first-order chi connectivity index (χ1) is 14.8. The molecule has 13 heteroatoms. The van der Waals surface area contributed by atoms with Crippen LogP contribution in [0.1, 0.15) is 52.3 Å². The Bertz CT molecular complexity index is 947. The number of hydrogen-bond donors (Lipinski definition) is 0. The number of azide groups is 1. The molecule has 1 aromatic rings. The number of hydrogen-bond acceptors (Lipinski definition) is 6. The molecule has 1 aliphatic heterocycles. The zero-order valence-electron chi connectivity index (χ0n) is 18.8. The summed E-state index contributed by atoms with van der Waals surface area (Å²) in [5, 5.41) is 3.19. The van der Waals surface area contributed by atoms with Crippen molar-refractivity contribution in [2.75, 3.05) is 32.8 Å². The van der Waals surface area contributed by atoms with Crippen LogP contribution in [-0.2, 0) is 13.8 Å². The molecular weight excluding hydrogens is 425 g/mol. The van der Waals surface area contributed by atoms with Crippen LogP contribution in [0.4, 0.5) is 0 Å². The van der Waals surface area contributed by atoms with E-state index in [2.05, 4.69) is 10.1 Å². The largest absolute Gasteiger partial charge is 0.428 e. The second-order valence-corrected chi connectivity index (χ2v) is 9.52. The highest BCUT2D eigenvalue weighted by Crippen LogP contribution is 2.54. The third-order valence-corrected chi connectivity index (χ3v) is 8.44. The second-order valence-electron chi connectivity index (χ2n) is 7.15. The van der Waals surface area contributed by atoms with Gasteiger partial charge in [-0.15, -0.1) is 5.53 Å². The molecule has 1 fully saturated rings. The molecule has 1 aliphatic rings. The zero-order chi connectivity index (χ0) is 23.2. The van der Waals surface area contributed by atoms with Gasteiger partial charge in [-0.2, -0.15) is 4.91 Å². The number of nitrogens with zero attached hydrogens (tertiary/aromatic N) is 7. The Labute approximate surface area is 181 Å². The standard InChI is InChI=1S/C18H32N7O5P/c1-6-22(7-2)31(28,23(8-3)9-4)29-13-15-10-11-16(30-15)24-12-14(5)17(26)25(18(24)27)21-20-19/h12,15-16H,6-11,13H2,1-5H3/t15-,16+/m0/s1. The third-order valence-electron chi connectivity index (χ3n) is 5.39. The minimum atomic E-state index is -3.21. The summed E-state index contributed by atoms with van der Waals surface area (Å²) in [5.74, 6) is 0. The fourth-order valence-corrected chi connectivity index (χ4v) is 6.18. The van der Waals surface area contributed by atoms with Crippen LogP contribution in [0, 0.1) is 6.92 Å². The van der Waals surface area contributed by atoms with Gasteiger partial charge >= 0.3 is 18.9 Å². The molecule has 0 aliphatic carbocycles. The molecule has 1 aromatic heterocycles. The van der Waals surface area contributed by atoms with Gasteiger partial charge in [-0.25, -0.2) is 18.9 Å². The minimum Gasteiger partial charge on any atom is -0.352 e. The van der Waals surface area contributed by atoms with E-state index in [4.69, 9.17) is 14.8 Å². The van der Waals surface area contributed by atoms with Crippen LogP contribution in [0.25, 0.3) is 10.4 Å². The van der Waals surface area contributed by atoms with Crippen LogP contribution in [0.2, 0.25) is 0 Å². The van der Waals surface area contributed by atoms with E-state index in [1.807, 2.05) is 37.0 Å². The lowest BCUT2D eigenvalue weighted by atomic mass is 10.2. The lowest BCUT2D eigenvalue weighted by Crippen LogP contribution is -2.40. The third kappa shape index (κ3) is 5.28. The average molecular weight is 457 g/mol. The highest BCUT2D eigenvalue weighted by molar-refractivity contribution is 7.53. The van der Waals surface area contributed by atoms with Crippen molar-refractivity contribution in [3.8, 4) is 0 Å². The van der Waals surface area contributed by atoms with Crippen LogP contribution in [0.3, 0.4) is 0 Å². The Morgan fingerprint density at radius 2 is 1.77 bits per heavy atom. The van der Waals surface area contributed by atoms with E-state index in [0.29, 0.717) is 43.7 Å². The maximum absolute atomic E-state index is 13.7. The highest BCUT2D eigenvalue weighted by Gasteiger charge is 2.38. The molecule has 0 amide bonds. The van der Waals surface area contributed by atoms with Gasteiger partial charge < -0.3 is 9.26 Å². The Balaban J connectivity index is 2.20. The van der Waals surface area contributed by atoms with Gasteiger partial charge in [0.05, 0.1) is 18.3 Å². The van der Waals surface area contributed by atoms with Gasteiger partial charge in [0.2, 0.25) is 0 Å². The quantitative estimate of drug-likeness (QED) is 0.216. The summed E-state index contributed by atoms with van der Waals surface area (Å²) >= 11 is 0. The van der Waals surface area contributed by atoms with E-state index < -0.39 is 25.1 Å². The van der Waals surface area contributed by atoms with Gasteiger partial charge in [0.15, 0.2) is 0 Å². The summed E-state index contributed by atoms with van der Waals surface area (Å²) in [6.45, 7) is 11.8. The topological polar surface area (TPSA) is 135 Å². The van der Waals surface area contributed by atoms with Crippen molar-refractivity contribution in [1.82, 2.24) is 18.6 Å². The molecule has 0 saturated carbocycles. The molecular formula is C18H32N7O5P. The zero-order valence-corrected chi connectivity index (χ0v) is 19.7. The summed E-state index contributed by atoms with van der Waals surface area (Å²) in [5.41, 5.74) is 7.46. The predicted octanol–water partition coefficient (Wildman–Crippen LogP) is 2.88. The van der Waals surface area contributed by atoms with Crippen molar-refractivity contribution >= 4 is 7.67 Å². The number of ether oxygens (including phenoxy) is 1.